The van der Waals surface area contributed by atoms with Gasteiger partial charge in [-0.15, -0.1) is 0 Å². The number of nitrogens with zero attached hydrogens (tertiary/aromatic N) is 1. The fraction of sp³-hybridized carbons (Fsp3) is 0.517. The Hall–Kier alpha value is -3.26. The predicted octanol–water partition coefficient (Wildman–Crippen LogP) is 5.58. The SMILES string of the molecule is CCCCc1ccc2cc(CC(C)C(=O)C3C(=O)C=C(C(C)CCCC=NC(=O)OC)OC3O)oc2c1. The Balaban J connectivity index is 1.58. The Morgan fingerprint density at radius 3 is 2.70 bits per heavy atom. The van der Waals surface area contributed by atoms with E-state index < -0.39 is 30.0 Å². The summed E-state index contributed by atoms with van der Waals surface area (Å²) < 4.78 is 16.0. The Morgan fingerprint density at radius 2 is 2.00 bits per heavy atom. The van der Waals surface area contributed by atoms with Gasteiger partial charge in [0.2, 0.25) is 6.29 Å². The lowest BCUT2D eigenvalue weighted by molar-refractivity contribution is -0.161. The second-order valence-corrected chi connectivity index (χ2v) is 9.74. The number of aryl methyl sites for hydroxylation is 1. The number of hydrogen-bond donors (Lipinski definition) is 1. The molecule has 8 nitrogen and oxygen atoms in total. The standard InChI is InChI=1S/C29H37NO7/c1-5-6-10-20-11-12-21-16-22(36-25(21)15-20)14-19(3)27(32)26-23(31)17-24(37-28(26)33)18(2)9-7-8-13-30-29(34)35-4/h11-13,15-19,26,28,33H,5-10,14H2,1-4H3. The summed E-state index contributed by atoms with van der Waals surface area (Å²) in [5.41, 5.74) is 2.01. The molecule has 1 N–H and O–H groups in total. The van der Waals surface area contributed by atoms with Crippen molar-refractivity contribution in [1.82, 2.24) is 0 Å². The van der Waals surface area contributed by atoms with E-state index >= 15 is 0 Å². The van der Waals surface area contributed by atoms with Crippen LogP contribution < -0.4 is 0 Å². The molecule has 4 atom stereocenters. The van der Waals surface area contributed by atoms with Crippen molar-refractivity contribution < 1.29 is 33.4 Å². The minimum absolute atomic E-state index is 0.142. The van der Waals surface area contributed by atoms with Crippen molar-refractivity contribution in [2.45, 2.75) is 72.0 Å². The fourth-order valence-corrected chi connectivity index (χ4v) is 4.48. The molecule has 1 amide bonds. The van der Waals surface area contributed by atoms with Crippen LogP contribution in [0.1, 0.15) is 64.2 Å². The molecule has 2 aromatic rings. The monoisotopic (exact) mass is 511 g/mol. The van der Waals surface area contributed by atoms with Gasteiger partial charge in [0.05, 0.1) is 7.11 Å². The molecule has 0 radical (unpaired) electrons. The third-order valence-corrected chi connectivity index (χ3v) is 6.71. The van der Waals surface area contributed by atoms with Gasteiger partial charge >= 0.3 is 6.09 Å². The molecule has 0 saturated carbocycles. The summed E-state index contributed by atoms with van der Waals surface area (Å²) in [4.78, 5) is 40.6. The quantitative estimate of drug-likeness (QED) is 0.224. The highest BCUT2D eigenvalue weighted by molar-refractivity contribution is 6.09. The maximum absolute atomic E-state index is 13.1. The summed E-state index contributed by atoms with van der Waals surface area (Å²) >= 11 is 0. The van der Waals surface area contributed by atoms with E-state index in [1.54, 1.807) is 6.92 Å². The summed E-state index contributed by atoms with van der Waals surface area (Å²) in [7, 11) is 1.26. The summed E-state index contributed by atoms with van der Waals surface area (Å²) in [6, 6.07) is 8.10. The number of amides is 1. The van der Waals surface area contributed by atoms with Gasteiger partial charge in [-0.25, -0.2) is 4.79 Å². The summed E-state index contributed by atoms with van der Waals surface area (Å²) in [5.74, 6) is -1.73. The molecule has 2 heterocycles. The third kappa shape index (κ3) is 7.61. The molecule has 0 bridgehead atoms. The van der Waals surface area contributed by atoms with Gasteiger partial charge in [-0.3, -0.25) is 9.59 Å². The number of ether oxygens (including phenoxy) is 2. The number of methoxy groups -OCH3 is 1. The summed E-state index contributed by atoms with van der Waals surface area (Å²) in [6.45, 7) is 5.77. The van der Waals surface area contributed by atoms with Crippen molar-refractivity contribution in [2.75, 3.05) is 7.11 Å². The number of allylic oxidation sites excluding steroid dienone is 2. The van der Waals surface area contributed by atoms with Crippen LogP contribution in [0, 0.1) is 17.8 Å². The smallest absolute Gasteiger partial charge is 0.432 e. The van der Waals surface area contributed by atoms with Gasteiger partial charge < -0.3 is 19.0 Å². The van der Waals surface area contributed by atoms with Crippen LogP contribution >= 0.6 is 0 Å². The first-order valence-electron chi connectivity index (χ1n) is 13.0. The number of ketones is 2. The zero-order chi connectivity index (χ0) is 26.9. The highest BCUT2D eigenvalue weighted by atomic mass is 16.6. The van der Waals surface area contributed by atoms with Crippen molar-refractivity contribution in [1.29, 1.82) is 0 Å². The lowest BCUT2D eigenvalue weighted by Gasteiger charge is -2.30. The molecule has 1 aliphatic rings. The van der Waals surface area contributed by atoms with E-state index in [1.165, 1.54) is 25.0 Å². The maximum atomic E-state index is 13.1. The van der Waals surface area contributed by atoms with Crippen LogP contribution in [-0.4, -0.2) is 42.4 Å². The minimum atomic E-state index is -1.53. The minimum Gasteiger partial charge on any atom is -0.468 e. The Labute approximate surface area is 217 Å². The van der Waals surface area contributed by atoms with Gasteiger partial charge in [0.25, 0.3) is 0 Å². The third-order valence-electron chi connectivity index (χ3n) is 6.71. The number of rotatable bonds is 12. The van der Waals surface area contributed by atoms with Crippen molar-refractivity contribution in [3.8, 4) is 0 Å². The number of fused-ring (bicyclic) bond motifs is 1. The normalized spacial score (nSPS) is 19.5. The van der Waals surface area contributed by atoms with Crippen molar-refractivity contribution in [2.24, 2.45) is 22.7 Å². The number of furan rings is 1. The van der Waals surface area contributed by atoms with E-state index in [9.17, 15) is 19.5 Å². The van der Waals surface area contributed by atoms with Crippen LogP contribution in [0.25, 0.3) is 11.0 Å². The zero-order valence-corrected chi connectivity index (χ0v) is 22.1. The molecular weight excluding hydrogens is 474 g/mol. The lowest BCUT2D eigenvalue weighted by atomic mass is 9.85. The van der Waals surface area contributed by atoms with Crippen LogP contribution in [-0.2, 0) is 31.9 Å². The predicted molar refractivity (Wildman–Crippen MR) is 140 cm³/mol. The van der Waals surface area contributed by atoms with Crippen LogP contribution in [0.4, 0.5) is 4.79 Å². The highest BCUT2D eigenvalue weighted by Crippen LogP contribution is 2.30. The molecule has 1 aromatic carbocycles. The van der Waals surface area contributed by atoms with E-state index in [-0.39, 0.29) is 11.7 Å². The summed E-state index contributed by atoms with van der Waals surface area (Å²) in [5, 5.41) is 11.5. The van der Waals surface area contributed by atoms with Crippen molar-refractivity contribution in [3.05, 3.63) is 47.4 Å². The molecule has 200 valence electrons. The van der Waals surface area contributed by atoms with Gasteiger partial charge in [0.1, 0.15) is 23.0 Å². The molecular formula is C29H37NO7. The van der Waals surface area contributed by atoms with Crippen molar-refractivity contribution in [3.63, 3.8) is 0 Å². The van der Waals surface area contributed by atoms with E-state index in [1.807, 2.05) is 25.1 Å². The van der Waals surface area contributed by atoms with Gasteiger partial charge in [0.15, 0.2) is 11.6 Å². The summed E-state index contributed by atoms with van der Waals surface area (Å²) in [6.07, 6.45) is 6.11. The number of Topliss-reactive ketones (excluding diaryl/α,β-unsaturated/α-hetero) is 1. The number of carbonyl (C=O) groups is 3. The number of aliphatic hydroxyl groups is 1. The van der Waals surface area contributed by atoms with E-state index in [0.717, 1.165) is 30.2 Å². The van der Waals surface area contributed by atoms with E-state index in [2.05, 4.69) is 22.7 Å². The fourth-order valence-electron chi connectivity index (χ4n) is 4.48. The maximum Gasteiger partial charge on any atom is 0.432 e. The van der Waals surface area contributed by atoms with Crippen LogP contribution in [0.2, 0.25) is 0 Å². The molecule has 1 aliphatic heterocycles. The van der Waals surface area contributed by atoms with Gasteiger partial charge in [0, 0.05) is 35.9 Å². The first kappa shape index (κ1) is 28.3. The van der Waals surface area contributed by atoms with Gasteiger partial charge in [-0.05, 0) is 49.8 Å². The largest absolute Gasteiger partial charge is 0.468 e. The second kappa shape index (κ2) is 13.3. The lowest BCUT2D eigenvalue weighted by Crippen LogP contribution is -2.42. The second-order valence-electron chi connectivity index (χ2n) is 9.74. The number of benzene rings is 1. The van der Waals surface area contributed by atoms with Crippen LogP contribution in [0.3, 0.4) is 0 Å². The number of aliphatic imine (C=N–C) groups is 1. The molecule has 1 aromatic heterocycles. The molecule has 3 rings (SSSR count). The molecule has 0 aliphatic carbocycles. The average molecular weight is 512 g/mol. The van der Waals surface area contributed by atoms with E-state index in [0.29, 0.717) is 37.2 Å². The van der Waals surface area contributed by atoms with E-state index in [4.69, 9.17) is 9.15 Å². The molecule has 37 heavy (non-hydrogen) atoms. The Kier molecular flexibility index (Phi) is 10.2. The first-order chi connectivity index (χ1) is 17.7. The number of hydrogen-bond acceptors (Lipinski definition) is 7. The van der Waals surface area contributed by atoms with Crippen LogP contribution in [0.5, 0.6) is 0 Å². The van der Waals surface area contributed by atoms with Crippen LogP contribution in [0.15, 0.2) is 45.5 Å². The Morgan fingerprint density at radius 1 is 1.22 bits per heavy atom. The molecule has 4 unspecified atom stereocenters. The average Bonchev–Trinajstić information content (AvgIpc) is 3.27. The zero-order valence-electron chi connectivity index (χ0n) is 22.1. The molecule has 0 fully saturated rings. The molecule has 0 saturated heterocycles. The molecule has 8 heteroatoms. The van der Waals surface area contributed by atoms with Gasteiger partial charge in [-0.1, -0.05) is 39.3 Å². The van der Waals surface area contributed by atoms with Crippen molar-refractivity contribution >= 4 is 34.8 Å². The van der Waals surface area contributed by atoms with Gasteiger partial charge in [-0.2, -0.15) is 4.99 Å². The number of unbranched alkanes of at least 4 members (excludes halogenated alkanes) is 2. The molecule has 0 spiro atoms. The number of aliphatic hydroxyl groups excluding tert-OH is 1. The Bertz CT molecular complexity index is 1160. The highest BCUT2D eigenvalue weighted by Gasteiger charge is 2.40. The number of carbonyl (C=O) groups excluding carboxylic acids is 3. The topological polar surface area (TPSA) is 115 Å². The first-order valence-corrected chi connectivity index (χ1v) is 13.0.